The van der Waals surface area contributed by atoms with Gasteiger partial charge in [0, 0.05) is 25.0 Å². The topological polar surface area (TPSA) is 101 Å². The summed E-state index contributed by atoms with van der Waals surface area (Å²) in [7, 11) is 0. The molecule has 0 aromatic rings. The van der Waals surface area contributed by atoms with Crippen molar-refractivity contribution in [2.45, 2.75) is 38.6 Å². The largest absolute Gasteiger partial charge is 0.335 e. The molecule has 0 radical (unpaired) electrons. The fourth-order valence-electron chi connectivity index (χ4n) is 2.18. The second kappa shape index (κ2) is 5.86. The quantitative estimate of drug-likeness (QED) is 0.644. The number of imide groups is 2. The minimum atomic E-state index is -0.835. The van der Waals surface area contributed by atoms with Crippen LogP contribution in [0.25, 0.3) is 0 Å². The Morgan fingerprint density at radius 1 is 1.14 bits per heavy atom. The fourth-order valence-corrected chi connectivity index (χ4v) is 2.18. The zero-order valence-electron chi connectivity index (χ0n) is 11.4. The summed E-state index contributed by atoms with van der Waals surface area (Å²) >= 11 is 0. The number of amides is 4. The second-order valence-corrected chi connectivity index (χ2v) is 4.69. The Balaban J connectivity index is 1.97. The van der Waals surface area contributed by atoms with Crippen LogP contribution < -0.4 is 0 Å². The van der Waals surface area contributed by atoms with E-state index in [0.717, 1.165) is 17.1 Å². The highest BCUT2D eigenvalue weighted by atomic mass is 16.7. The molecular formula is C13H14N2O6. The molecule has 2 aliphatic rings. The first-order valence-corrected chi connectivity index (χ1v) is 6.55. The van der Waals surface area contributed by atoms with Crippen LogP contribution in [-0.2, 0) is 28.8 Å². The first-order chi connectivity index (χ1) is 9.93. The molecule has 0 bridgehead atoms. The summed E-state index contributed by atoms with van der Waals surface area (Å²) in [6.45, 7) is 1.71. The van der Waals surface area contributed by atoms with Crippen molar-refractivity contribution >= 4 is 29.6 Å². The van der Waals surface area contributed by atoms with Gasteiger partial charge in [-0.25, -0.2) is 4.79 Å². The average molecular weight is 294 g/mol. The van der Waals surface area contributed by atoms with E-state index in [-0.39, 0.29) is 19.3 Å². The first-order valence-electron chi connectivity index (χ1n) is 6.55. The van der Waals surface area contributed by atoms with Gasteiger partial charge in [-0.2, -0.15) is 0 Å². The Bertz CT molecular complexity index is 519. The SMILES string of the molecule is CCC(CC(=O)ON1C(=O)CCC1=O)N1C(=O)C=CC1=O. The van der Waals surface area contributed by atoms with Gasteiger partial charge in [0.05, 0.1) is 12.5 Å². The maximum atomic E-state index is 11.8. The van der Waals surface area contributed by atoms with E-state index in [4.69, 9.17) is 4.84 Å². The van der Waals surface area contributed by atoms with E-state index in [1.807, 2.05) is 0 Å². The number of hydrogen-bond acceptors (Lipinski definition) is 6. The van der Waals surface area contributed by atoms with Crippen molar-refractivity contribution in [3.63, 3.8) is 0 Å². The van der Waals surface area contributed by atoms with Crippen LogP contribution in [0.5, 0.6) is 0 Å². The van der Waals surface area contributed by atoms with Gasteiger partial charge in [-0.15, -0.1) is 5.06 Å². The minimum absolute atomic E-state index is 0.0103. The molecule has 2 heterocycles. The van der Waals surface area contributed by atoms with Gasteiger partial charge in [-0.3, -0.25) is 24.1 Å². The number of rotatable bonds is 5. The maximum absolute atomic E-state index is 11.8. The molecule has 2 rings (SSSR count). The van der Waals surface area contributed by atoms with Crippen molar-refractivity contribution < 1.29 is 28.8 Å². The lowest BCUT2D eigenvalue weighted by molar-refractivity contribution is -0.198. The second-order valence-electron chi connectivity index (χ2n) is 4.69. The summed E-state index contributed by atoms with van der Waals surface area (Å²) in [5.74, 6) is -2.97. The molecule has 0 aliphatic carbocycles. The molecule has 0 aromatic heterocycles. The van der Waals surface area contributed by atoms with Crippen molar-refractivity contribution in [1.29, 1.82) is 0 Å². The van der Waals surface area contributed by atoms with Gasteiger partial charge in [0.15, 0.2) is 0 Å². The average Bonchev–Trinajstić information content (AvgIpc) is 2.93. The molecule has 8 nitrogen and oxygen atoms in total. The Hall–Kier alpha value is -2.51. The van der Waals surface area contributed by atoms with E-state index in [9.17, 15) is 24.0 Å². The van der Waals surface area contributed by atoms with Crippen molar-refractivity contribution in [2.75, 3.05) is 0 Å². The lowest BCUT2D eigenvalue weighted by Crippen LogP contribution is -2.42. The highest BCUT2D eigenvalue weighted by Crippen LogP contribution is 2.18. The van der Waals surface area contributed by atoms with Crippen LogP contribution in [0, 0.1) is 0 Å². The molecular weight excluding hydrogens is 280 g/mol. The van der Waals surface area contributed by atoms with Gasteiger partial charge in [0.2, 0.25) is 0 Å². The summed E-state index contributed by atoms with van der Waals surface area (Å²) in [5.41, 5.74) is 0. The van der Waals surface area contributed by atoms with Gasteiger partial charge >= 0.3 is 5.97 Å². The molecule has 8 heteroatoms. The number of hydrogen-bond donors (Lipinski definition) is 0. The standard InChI is InChI=1S/C13H14N2O6/c1-2-8(14-9(16)3-4-10(14)17)7-13(20)21-15-11(18)5-6-12(15)19/h3-4,8H,2,5-7H2,1H3. The molecule has 0 saturated carbocycles. The zero-order chi connectivity index (χ0) is 15.6. The first kappa shape index (κ1) is 14.9. The van der Waals surface area contributed by atoms with Gasteiger partial charge in [0.1, 0.15) is 0 Å². The number of carbonyl (C=O) groups excluding carboxylic acids is 5. The fraction of sp³-hybridized carbons (Fsp3) is 0.462. The van der Waals surface area contributed by atoms with E-state index in [1.165, 1.54) is 0 Å². The molecule has 1 unspecified atom stereocenters. The summed E-state index contributed by atoms with van der Waals surface area (Å²) < 4.78 is 0. The van der Waals surface area contributed by atoms with Crippen LogP contribution >= 0.6 is 0 Å². The third-order valence-corrected chi connectivity index (χ3v) is 3.28. The summed E-state index contributed by atoms with van der Waals surface area (Å²) in [6.07, 6.45) is 2.36. The number of hydroxylamine groups is 2. The van der Waals surface area contributed by atoms with E-state index in [0.29, 0.717) is 11.5 Å². The van der Waals surface area contributed by atoms with Crippen molar-refractivity contribution in [1.82, 2.24) is 9.96 Å². The van der Waals surface area contributed by atoms with Crippen LogP contribution in [0.3, 0.4) is 0 Å². The molecule has 2 aliphatic heterocycles. The summed E-state index contributed by atoms with van der Waals surface area (Å²) in [4.78, 5) is 63.3. The van der Waals surface area contributed by atoms with Gasteiger partial charge in [-0.1, -0.05) is 6.92 Å². The highest BCUT2D eigenvalue weighted by Gasteiger charge is 2.35. The van der Waals surface area contributed by atoms with Crippen LogP contribution in [0.1, 0.15) is 32.6 Å². The molecule has 112 valence electrons. The zero-order valence-corrected chi connectivity index (χ0v) is 11.4. The Morgan fingerprint density at radius 2 is 1.67 bits per heavy atom. The lowest BCUT2D eigenvalue weighted by atomic mass is 10.1. The van der Waals surface area contributed by atoms with Crippen LogP contribution in [0.15, 0.2) is 12.2 Å². The smallest absolute Gasteiger partial charge is 0.330 e. The van der Waals surface area contributed by atoms with E-state index < -0.39 is 35.6 Å². The third-order valence-electron chi connectivity index (χ3n) is 3.28. The summed E-state index contributed by atoms with van der Waals surface area (Å²) in [6, 6.07) is -0.666. The molecule has 1 fully saturated rings. The molecule has 0 N–H and O–H groups in total. The van der Waals surface area contributed by atoms with Gasteiger partial charge in [0.25, 0.3) is 23.6 Å². The Labute approximate surface area is 120 Å². The number of carbonyl (C=O) groups is 5. The van der Waals surface area contributed by atoms with Crippen LogP contribution in [0.2, 0.25) is 0 Å². The predicted molar refractivity (Wildman–Crippen MR) is 66.9 cm³/mol. The van der Waals surface area contributed by atoms with Crippen molar-refractivity contribution in [2.24, 2.45) is 0 Å². The minimum Gasteiger partial charge on any atom is -0.330 e. The maximum Gasteiger partial charge on any atom is 0.335 e. The molecule has 1 saturated heterocycles. The van der Waals surface area contributed by atoms with Crippen LogP contribution in [-0.4, -0.2) is 45.6 Å². The lowest BCUT2D eigenvalue weighted by Gasteiger charge is -2.24. The van der Waals surface area contributed by atoms with Crippen molar-refractivity contribution in [3.8, 4) is 0 Å². The monoisotopic (exact) mass is 294 g/mol. The molecule has 21 heavy (non-hydrogen) atoms. The Morgan fingerprint density at radius 3 is 2.14 bits per heavy atom. The van der Waals surface area contributed by atoms with Crippen molar-refractivity contribution in [3.05, 3.63) is 12.2 Å². The predicted octanol–water partition coefficient (Wildman–Crippen LogP) is -0.313. The normalized spacial score (nSPS) is 19.7. The van der Waals surface area contributed by atoms with E-state index in [2.05, 4.69) is 0 Å². The molecule has 1 atom stereocenters. The molecule has 0 spiro atoms. The highest BCUT2D eigenvalue weighted by molar-refractivity contribution is 6.13. The third kappa shape index (κ3) is 2.99. The molecule has 4 amide bonds. The van der Waals surface area contributed by atoms with Gasteiger partial charge < -0.3 is 4.84 Å². The van der Waals surface area contributed by atoms with E-state index in [1.54, 1.807) is 6.92 Å². The van der Waals surface area contributed by atoms with E-state index >= 15 is 0 Å². The number of nitrogens with zero attached hydrogens (tertiary/aromatic N) is 2. The van der Waals surface area contributed by atoms with Crippen LogP contribution in [0.4, 0.5) is 0 Å². The van der Waals surface area contributed by atoms with Gasteiger partial charge in [-0.05, 0) is 6.42 Å². The Kier molecular flexibility index (Phi) is 4.15. The summed E-state index contributed by atoms with van der Waals surface area (Å²) in [5, 5.41) is 0.445. The molecule has 0 aromatic carbocycles.